The summed E-state index contributed by atoms with van der Waals surface area (Å²) in [7, 11) is 1.56. The first-order chi connectivity index (χ1) is 19.5. The van der Waals surface area contributed by atoms with E-state index in [0.29, 0.717) is 17.7 Å². The van der Waals surface area contributed by atoms with Crippen molar-refractivity contribution in [2.45, 2.75) is 64.8 Å². The second-order valence-corrected chi connectivity index (χ2v) is 9.14. The van der Waals surface area contributed by atoms with E-state index in [9.17, 15) is 24.4 Å². The lowest BCUT2D eigenvalue weighted by molar-refractivity contribution is -0.288. The fraction of sp³-hybridized carbons (Fsp3) is 0.414. The third-order valence-electron chi connectivity index (χ3n) is 5.94. The molecule has 0 N–H and O–H groups in total. The second-order valence-electron chi connectivity index (χ2n) is 9.14. The molecule has 12 heteroatoms. The van der Waals surface area contributed by atoms with E-state index in [1.54, 1.807) is 31.4 Å². The summed E-state index contributed by atoms with van der Waals surface area (Å²) in [4.78, 5) is 47.7. The molecule has 2 aromatic carbocycles. The lowest BCUT2D eigenvalue weighted by Crippen LogP contribution is -2.63. The summed E-state index contributed by atoms with van der Waals surface area (Å²) in [5, 5.41) is 9.53. The van der Waals surface area contributed by atoms with Crippen LogP contribution in [-0.2, 0) is 49.3 Å². The van der Waals surface area contributed by atoms with Gasteiger partial charge in [0.05, 0.1) is 18.7 Å². The summed E-state index contributed by atoms with van der Waals surface area (Å²) >= 11 is 0. The van der Waals surface area contributed by atoms with Crippen LogP contribution in [0.15, 0.2) is 42.5 Å². The lowest BCUT2D eigenvalue weighted by atomic mass is 9.97. The summed E-state index contributed by atoms with van der Waals surface area (Å²) < 4.78 is 38.9. The predicted octanol–water partition coefficient (Wildman–Crippen LogP) is 2.62. The largest absolute Gasteiger partial charge is 0.497 e. The third kappa shape index (κ3) is 8.68. The molecular formula is C29H31NO11. The quantitative estimate of drug-likeness (QED) is 0.305. The van der Waals surface area contributed by atoms with Crippen molar-refractivity contribution in [1.82, 2.24) is 0 Å². The Morgan fingerprint density at radius 3 is 2.00 bits per heavy atom. The van der Waals surface area contributed by atoms with Crippen molar-refractivity contribution < 1.29 is 52.3 Å². The first-order valence-electron chi connectivity index (χ1n) is 12.6. The molecule has 3 rings (SSSR count). The molecule has 0 spiro atoms. The molecule has 1 aliphatic rings. The Labute approximate surface area is 237 Å². The van der Waals surface area contributed by atoms with Crippen molar-refractivity contribution in [1.29, 1.82) is 5.26 Å². The van der Waals surface area contributed by atoms with Crippen molar-refractivity contribution in [3.63, 3.8) is 0 Å². The summed E-state index contributed by atoms with van der Waals surface area (Å²) in [6, 6.07) is 14.2. The lowest BCUT2D eigenvalue weighted by Gasteiger charge is -2.44. The van der Waals surface area contributed by atoms with Crippen molar-refractivity contribution in [2.75, 3.05) is 13.7 Å². The molecule has 1 heterocycles. The highest BCUT2D eigenvalue weighted by Gasteiger charge is 2.53. The first kappa shape index (κ1) is 30.9. The Balaban J connectivity index is 2.04. The van der Waals surface area contributed by atoms with E-state index in [-0.39, 0.29) is 11.3 Å². The van der Waals surface area contributed by atoms with Crippen LogP contribution in [0.2, 0.25) is 0 Å². The average molecular weight is 570 g/mol. The van der Waals surface area contributed by atoms with Gasteiger partial charge in [-0.3, -0.25) is 19.2 Å². The van der Waals surface area contributed by atoms with Crippen molar-refractivity contribution in [2.24, 2.45) is 0 Å². The number of methoxy groups -OCH3 is 1. The Morgan fingerprint density at radius 2 is 1.44 bits per heavy atom. The number of ether oxygens (including phenoxy) is 7. The van der Waals surface area contributed by atoms with Gasteiger partial charge >= 0.3 is 23.9 Å². The highest BCUT2D eigenvalue weighted by Crippen LogP contribution is 2.33. The van der Waals surface area contributed by atoms with Gasteiger partial charge in [0.1, 0.15) is 24.2 Å². The van der Waals surface area contributed by atoms with E-state index in [1.807, 2.05) is 12.1 Å². The van der Waals surface area contributed by atoms with Gasteiger partial charge in [-0.1, -0.05) is 18.2 Å². The summed E-state index contributed by atoms with van der Waals surface area (Å²) in [6.07, 6.45) is -6.33. The number of carbonyl (C=O) groups is 4. The van der Waals surface area contributed by atoms with Crippen molar-refractivity contribution >= 4 is 23.9 Å². The maximum Gasteiger partial charge on any atom is 0.303 e. The molecule has 1 saturated heterocycles. The highest BCUT2D eigenvalue weighted by molar-refractivity contribution is 5.68. The van der Waals surface area contributed by atoms with E-state index in [2.05, 4.69) is 6.07 Å². The van der Waals surface area contributed by atoms with Crippen LogP contribution in [0.4, 0.5) is 0 Å². The Kier molecular flexibility index (Phi) is 10.7. The standard InChI is InChI=1S/C29H31NO11/c1-16(31)36-15-25-26(37-17(2)32)27(38-18(3)33)28(39-19(4)34)29(41-25)40-24-13-21(14-30)6-9-22(24)12-20-7-10-23(35-5)11-8-20/h6-11,13,25-29H,12,15H2,1-5H3/t25-,26-,27+,28-,29+/m1/s1. The smallest absolute Gasteiger partial charge is 0.303 e. The SMILES string of the molecule is COc1ccc(Cc2ccc(C#N)cc2O[C@H]2O[C@H](COC(C)=O)[C@@H](OC(C)=O)[C@H](OC(C)=O)[C@H]2OC(C)=O)cc1. The van der Waals surface area contributed by atoms with Crippen LogP contribution in [0.3, 0.4) is 0 Å². The van der Waals surface area contributed by atoms with Crippen molar-refractivity contribution in [3.8, 4) is 17.6 Å². The minimum absolute atomic E-state index is 0.223. The van der Waals surface area contributed by atoms with Crippen molar-refractivity contribution in [3.05, 3.63) is 59.2 Å². The van der Waals surface area contributed by atoms with Gasteiger partial charge in [0.2, 0.25) is 12.4 Å². The zero-order chi connectivity index (χ0) is 30.1. The average Bonchev–Trinajstić information content (AvgIpc) is 2.91. The molecule has 2 aromatic rings. The molecule has 218 valence electrons. The van der Waals surface area contributed by atoms with Crippen LogP contribution in [0.1, 0.15) is 44.4 Å². The second kappa shape index (κ2) is 14.1. The fourth-order valence-corrected chi connectivity index (χ4v) is 4.25. The Hall–Kier alpha value is -4.63. The number of nitriles is 1. The maximum absolute atomic E-state index is 12.1. The van der Waals surface area contributed by atoms with Crippen LogP contribution in [0.5, 0.6) is 11.5 Å². The van der Waals surface area contributed by atoms with Crippen LogP contribution in [0, 0.1) is 11.3 Å². The van der Waals surface area contributed by atoms with Gasteiger partial charge in [0, 0.05) is 34.1 Å². The van der Waals surface area contributed by atoms with Gasteiger partial charge in [-0.2, -0.15) is 5.26 Å². The molecule has 0 unspecified atom stereocenters. The van der Waals surface area contributed by atoms with Crippen LogP contribution in [0.25, 0.3) is 0 Å². The van der Waals surface area contributed by atoms with Gasteiger partial charge in [-0.05, 0) is 35.4 Å². The van der Waals surface area contributed by atoms with Crippen LogP contribution >= 0.6 is 0 Å². The number of hydrogen-bond acceptors (Lipinski definition) is 12. The molecule has 0 saturated carbocycles. The van der Waals surface area contributed by atoms with Crippen LogP contribution < -0.4 is 9.47 Å². The number of hydrogen-bond donors (Lipinski definition) is 0. The van der Waals surface area contributed by atoms with E-state index >= 15 is 0 Å². The zero-order valence-corrected chi connectivity index (χ0v) is 23.3. The highest BCUT2D eigenvalue weighted by atomic mass is 16.7. The first-order valence-corrected chi connectivity index (χ1v) is 12.6. The number of rotatable bonds is 10. The van der Waals surface area contributed by atoms with Gasteiger partial charge in [-0.15, -0.1) is 0 Å². The molecular weight excluding hydrogens is 538 g/mol. The number of esters is 4. The predicted molar refractivity (Wildman–Crippen MR) is 140 cm³/mol. The minimum Gasteiger partial charge on any atom is -0.497 e. The number of nitrogens with zero attached hydrogens (tertiary/aromatic N) is 1. The molecule has 0 amide bonds. The molecule has 0 aromatic heterocycles. The molecule has 12 nitrogen and oxygen atoms in total. The van der Waals surface area contributed by atoms with E-state index < -0.39 is 61.2 Å². The number of benzene rings is 2. The fourth-order valence-electron chi connectivity index (χ4n) is 4.25. The normalized spacial score (nSPS) is 21.5. The molecule has 0 bridgehead atoms. The molecule has 0 aliphatic carbocycles. The molecule has 41 heavy (non-hydrogen) atoms. The molecule has 0 radical (unpaired) electrons. The molecule has 1 aliphatic heterocycles. The van der Waals surface area contributed by atoms with E-state index in [0.717, 1.165) is 26.3 Å². The zero-order valence-electron chi connectivity index (χ0n) is 23.3. The molecule has 1 fully saturated rings. The van der Waals surface area contributed by atoms with Gasteiger partial charge < -0.3 is 33.2 Å². The van der Waals surface area contributed by atoms with E-state index in [4.69, 9.17) is 33.2 Å². The van der Waals surface area contributed by atoms with Gasteiger partial charge in [-0.25, -0.2) is 0 Å². The maximum atomic E-state index is 12.1. The number of carbonyl (C=O) groups excluding carboxylic acids is 4. The Bertz CT molecular complexity index is 1300. The van der Waals surface area contributed by atoms with E-state index in [1.165, 1.54) is 13.0 Å². The Morgan fingerprint density at radius 1 is 0.829 bits per heavy atom. The summed E-state index contributed by atoms with van der Waals surface area (Å²) in [5.74, 6) is -1.99. The monoisotopic (exact) mass is 569 g/mol. The third-order valence-corrected chi connectivity index (χ3v) is 5.94. The summed E-state index contributed by atoms with van der Waals surface area (Å²) in [6.45, 7) is 4.19. The topological polar surface area (TPSA) is 157 Å². The van der Waals surface area contributed by atoms with Gasteiger partial charge in [0.15, 0.2) is 12.2 Å². The molecule has 5 atom stereocenters. The minimum atomic E-state index is -1.43. The van der Waals surface area contributed by atoms with Crippen LogP contribution in [-0.4, -0.2) is 68.3 Å². The van der Waals surface area contributed by atoms with Gasteiger partial charge in [0.25, 0.3) is 0 Å². The summed E-state index contributed by atoms with van der Waals surface area (Å²) in [5.41, 5.74) is 1.84.